The Hall–Kier alpha value is -1.94. The molecule has 0 saturated heterocycles. The maximum absolute atomic E-state index is 12.6. The van der Waals surface area contributed by atoms with Crippen molar-refractivity contribution in [1.82, 2.24) is 4.90 Å². The second-order valence-corrected chi connectivity index (χ2v) is 6.88. The summed E-state index contributed by atoms with van der Waals surface area (Å²) in [5, 5.41) is 0. The average molecular weight is 358 g/mol. The summed E-state index contributed by atoms with van der Waals surface area (Å²) in [6, 6.07) is 14.3. The average Bonchev–Trinajstić information content (AvgIpc) is 2.63. The third-order valence-electron chi connectivity index (χ3n) is 4.07. The van der Waals surface area contributed by atoms with Crippen molar-refractivity contribution in [2.75, 3.05) is 19.7 Å². The number of aryl methyl sites for hydroxylation is 1. The van der Waals surface area contributed by atoms with Crippen LogP contribution in [0.4, 0.5) is 0 Å². The van der Waals surface area contributed by atoms with Crippen LogP contribution >= 0.6 is 11.8 Å². The lowest BCUT2D eigenvalue weighted by Crippen LogP contribution is -2.30. The number of carbonyl (C=O) groups excluding carboxylic acids is 1. The van der Waals surface area contributed by atoms with Crippen molar-refractivity contribution in [3.05, 3.63) is 59.2 Å². The monoisotopic (exact) mass is 357 g/mol. The van der Waals surface area contributed by atoms with Gasteiger partial charge in [-0.05, 0) is 58.0 Å². The van der Waals surface area contributed by atoms with Crippen LogP contribution in [-0.4, -0.2) is 30.5 Å². The van der Waals surface area contributed by atoms with Crippen LogP contribution in [0.3, 0.4) is 0 Å². The number of nitrogens with zero attached hydrogens (tertiary/aromatic N) is 1. The van der Waals surface area contributed by atoms with Crippen molar-refractivity contribution in [2.45, 2.75) is 38.3 Å². The molecule has 0 aliphatic carbocycles. The van der Waals surface area contributed by atoms with E-state index in [0.29, 0.717) is 6.61 Å². The molecule has 2 aromatic rings. The number of rotatable bonds is 8. The molecule has 0 aliphatic rings. The summed E-state index contributed by atoms with van der Waals surface area (Å²) in [7, 11) is 0. The Kier molecular flexibility index (Phi) is 7.38. The fourth-order valence-electron chi connectivity index (χ4n) is 2.61. The van der Waals surface area contributed by atoms with E-state index in [2.05, 4.69) is 31.2 Å². The van der Waals surface area contributed by atoms with Crippen molar-refractivity contribution >= 4 is 17.7 Å². The first-order valence-corrected chi connectivity index (χ1v) is 9.82. The van der Waals surface area contributed by atoms with Crippen LogP contribution in [0.15, 0.2) is 47.4 Å². The number of carbonyl (C=O) groups is 1. The molecule has 0 spiro atoms. The SMILES string of the molecule is CCOc1ccc(C(=O)N(CC)CC)cc1CSc1ccc(C)cc1. The molecule has 4 heteroatoms. The molecular formula is C21H27NO2S. The molecule has 0 bridgehead atoms. The Bertz CT molecular complexity index is 694. The first kappa shape index (κ1) is 19.4. The van der Waals surface area contributed by atoms with Crippen LogP contribution in [0.25, 0.3) is 0 Å². The molecule has 0 N–H and O–H groups in total. The van der Waals surface area contributed by atoms with Gasteiger partial charge in [0.1, 0.15) is 5.75 Å². The maximum atomic E-state index is 12.6. The first-order valence-electron chi connectivity index (χ1n) is 8.83. The molecule has 0 aliphatic heterocycles. The Balaban J connectivity index is 2.22. The van der Waals surface area contributed by atoms with Gasteiger partial charge in [0.2, 0.25) is 0 Å². The summed E-state index contributed by atoms with van der Waals surface area (Å²) in [5.74, 6) is 1.71. The lowest BCUT2D eigenvalue weighted by Gasteiger charge is -2.19. The minimum Gasteiger partial charge on any atom is -0.494 e. The molecule has 3 nitrogen and oxygen atoms in total. The third-order valence-corrected chi connectivity index (χ3v) is 5.13. The van der Waals surface area contributed by atoms with Gasteiger partial charge >= 0.3 is 0 Å². The number of thioether (sulfide) groups is 1. The largest absolute Gasteiger partial charge is 0.494 e. The predicted molar refractivity (Wildman–Crippen MR) is 106 cm³/mol. The number of hydrogen-bond acceptors (Lipinski definition) is 3. The van der Waals surface area contributed by atoms with E-state index in [-0.39, 0.29) is 5.91 Å². The fourth-order valence-corrected chi connectivity index (χ4v) is 3.49. The molecule has 0 radical (unpaired) electrons. The highest BCUT2D eigenvalue weighted by atomic mass is 32.2. The highest BCUT2D eigenvalue weighted by Crippen LogP contribution is 2.29. The van der Waals surface area contributed by atoms with Gasteiger partial charge in [0.05, 0.1) is 6.61 Å². The molecule has 0 saturated carbocycles. The number of hydrogen-bond donors (Lipinski definition) is 0. The lowest BCUT2D eigenvalue weighted by molar-refractivity contribution is 0.0773. The van der Waals surface area contributed by atoms with Crippen LogP contribution in [0.2, 0.25) is 0 Å². The molecular weight excluding hydrogens is 330 g/mol. The zero-order valence-electron chi connectivity index (χ0n) is 15.5. The second-order valence-electron chi connectivity index (χ2n) is 5.83. The van der Waals surface area contributed by atoms with E-state index in [0.717, 1.165) is 35.7 Å². The zero-order valence-corrected chi connectivity index (χ0v) is 16.4. The normalized spacial score (nSPS) is 10.6. The van der Waals surface area contributed by atoms with E-state index in [1.54, 1.807) is 11.8 Å². The molecule has 2 aromatic carbocycles. The summed E-state index contributed by atoms with van der Waals surface area (Å²) in [4.78, 5) is 15.7. The van der Waals surface area contributed by atoms with Crippen molar-refractivity contribution in [3.8, 4) is 5.75 Å². The van der Waals surface area contributed by atoms with E-state index in [4.69, 9.17) is 4.74 Å². The van der Waals surface area contributed by atoms with Crippen molar-refractivity contribution in [3.63, 3.8) is 0 Å². The van der Waals surface area contributed by atoms with Gasteiger partial charge in [-0.15, -0.1) is 11.8 Å². The van der Waals surface area contributed by atoms with Crippen molar-refractivity contribution in [1.29, 1.82) is 0 Å². The van der Waals surface area contributed by atoms with Gasteiger partial charge in [0.25, 0.3) is 5.91 Å². The molecule has 0 heterocycles. The third kappa shape index (κ3) is 5.27. The molecule has 0 atom stereocenters. The van der Waals surface area contributed by atoms with Crippen molar-refractivity contribution in [2.24, 2.45) is 0 Å². The van der Waals surface area contributed by atoms with Gasteiger partial charge in [0, 0.05) is 34.9 Å². The quantitative estimate of drug-likeness (QED) is 0.611. The summed E-state index contributed by atoms with van der Waals surface area (Å²) in [6.45, 7) is 10.1. The summed E-state index contributed by atoms with van der Waals surface area (Å²) in [6.07, 6.45) is 0. The zero-order chi connectivity index (χ0) is 18.2. The fraction of sp³-hybridized carbons (Fsp3) is 0.381. The van der Waals surface area contributed by atoms with E-state index in [1.165, 1.54) is 10.5 Å². The lowest BCUT2D eigenvalue weighted by atomic mass is 10.1. The molecule has 0 aromatic heterocycles. The topological polar surface area (TPSA) is 29.5 Å². The van der Waals surface area contributed by atoms with Crippen LogP contribution in [0.5, 0.6) is 5.75 Å². The Morgan fingerprint density at radius 2 is 1.72 bits per heavy atom. The standard InChI is InChI=1S/C21H27NO2S/c1-5-22(6-2)21(23)17-10-13-20(24-7-3)18(14-17)15-25-19-11-8-16(4)9-12-19/h8-14H,5-7,15H2,1-4H3. The smallest absolute Gasteiger partial charge is 0.253 e. The Morgan fingerprint density at radius 1 is 1.04 bits per heavy atom. The van der Waals surface area contributed by atoms with Gasteiger partial charge in [-0.3, -0.25) is 4.79 Å². The molecule has 1 amide bonds. The van der Waals surface area contributed by atoms with Crippen LogP contribution in [0.1, 0.15) is 42.3 Å². The van der Waals surface area contributed by atoms with Gasteiger partial charge in [-0.1, -0.05) is 17.7 Å². The predicted octanol–water partition coefficient (Wildman–Crippen LogP) is 5.17. The minimum absolute atomic E-state index is 0.0784. The highest BCUT2D eigenvalue weighted by molar-refractivity contribution is 7.98. The molecule has 0 fully saturated rings. The number of amides is 1. The summed E-state index contributed by atoms with van der Waals surface area (Å²) >= 11 is 1.76. The maximum Gasteiger partial charge on any atom is 0.253 e. The van der Waals surface area contributed by atoms with Crippen LogP contribution in [0, 0.1) is 6.92 Å². The number of ether oxygens (including phenoxy) is 1. The first-order chi connectivity index (χ1) is 12.1. The Morgan fingerprint density at radius 3 is 2.32 bits per heavy atom. The van der Waals surface area contributed by atoms with Gasteiger partial charge in [-0.25, -0.2) is 0 Å². The number of benzene rings is 2. The van der Waals surface area contributed by atoms with E-state index < -0.39 is 0 Å². The van der Waals surface area contributed by atoms with Crippen LogP contribution < -0.4 is 4.74 Å². The van der Waals surface area contributed by atoms with E-state index in [9.17, 15) is 4.79 Å². The summed E-state index contributed by atoms with van der Waals surface area (Å²) in [5.41, 5.74) is 3.04. The van der Waals surface area contributed by atoms with Crippen molar-refractivity contribution < 1.29 is 9.53 Å². The molecule has 25 heavy (non-hydrogen) atoms. The van der Waals surface area contributed by atoms with Gasteiger partial charge in [-0.2, -0.15) is 0 Å². The van der Waals surface area contributed by atoms with E-state index >= 15 is 0 Å². The van der Waals surface area contributed by atoms with Gasteiger partial charge in [0.15, 0.2) is 0 Å². The highest BCUT2D eigenvalue weighted by Gasteiger charge is 2.15. The minimum atomic E-state index is 0.0784. The Labute approximate surface area is 155 Å². The van der Waals surface area contributed by atoms with Gasteiger partial charge < -0.3 is 9.64 Å². The van der Waals surface area contributed by atoms with E-state index in [1.807, 2.05) is 43.9 Å². The van der Waals surface area contributed by atoms with Crippen LogP contribution in [-0.2, 0) is 5.75 Å². The molecule has 2 rings (SSSR count). The second kappa shape index (κ2) is 9.52. The summed E-state index contributed by atoms with van der Waals surface area (Å²) < 4.78 is 5.75. The molecule has 134 valence electrons. The molecule has 0 unspecified atom stereocenters.